The van der Waals surface area contributed by atoms with Crippen molar-refractivity contribution in [3.05, 3.63) is 56.9 Å². The highest BCUT2D eigenvalue weighted by molar-refractivity contribution is 7.13. The van der Waals surface area contributed by atoms with Crippen molar-refractivity contribution in [1.29, 1.82) is 0 Å². The van der Waals surface area contributed by atoms with Crippen molar-refractivity contribution in [1.82, 2.24) is 14.9 Å². The maximum Gasteiger partial charge on any atom is 0.228 e. The van der Waals surface area contributed by atoms with Gasteiger partial charge in [0.1, 0.15) is 17.4 Å². The predicted octanol–water partition coefficient (Wildman–Crippen LogP) is 3.72. The van der Waals surface area contributed by atoms with Gasteiger partial charge >= 0.3 is 0 Å². The monoisotopic (exact) mass is 434 g/mol. The Balaban J connectivity index is 1.25. The molecule has 6 nitrogen and oxygen atoms in total. The van der Waals surface area contributed by atoms with Gasteiger partial charge in [-0.15, -0.1) is 22.7 Å². The molecule has 1 amide bonds. The number of benzene rings is 1. The van der Waals surface area contributed by atoms with Crippen molar-refractivity contribution in [3.63, 3.8) is 0 Å². The van der Waals surface area contributed by atoms with Crippen LogP contribution in [-0.4, -0.2) is 47.0 Å². The van der Waals surface area contributed by atoms with Gasteiger partial charge < -0.3 is 14.5 Å². The van der Waals surface area contributed by atoms with Crippen LogP contribution in [0.1, 0.15) is 10.7 Å². The SMILES string of the molecule is O=C(Cc1csc(COc2ccc(Cl)cc2)n1)N1CCN(c2nccs2)CC1. The molecule has 28 heavy (non-hydrogen) atoms. The predicted molar refractivity (Wildman–Crippen MR) is 113 cm³/mol. The van der Waals surface area contributed by atoms with Crippen LogP contribution in [0, 0.1) is 0 Å². The van der Waals surface area contributed by atoms with Crippen molar-refractivity contribution in [2.45, 2.75) is 13.0 Å². The molecule has 3 aromatic rings. The number of hydrogen-bond donors (Lipinski definition) is 0. The summed E-state index contributed by atoms with van der Waals surface area (Å²) in [5, 5.41) is 6.46. The van der Waals surface area contributed by atoms with Gasteiger partial charge in [0.25, 0.3) is 0 Å². The number of carbonyl (C=O) groups excluding carboxylic acids is 1. The van der Waals surface area contributed by atoms with Gasteiger partial charge in [0.15, 0.2) is 5.13 Å². The molecule has 1 fully saturated rings. The fourth-order valence-corrected chi connectivity index (χ4v) is 4.49. The summed E-state index contributed by atoms with van der Waals surface area (Å²) in [5.41, 5.74) is 0.798. The van der Waals surface area contributed by atoms with E-state index in [1.54, 1.807) is 23.5 Å². The molecule has 1 saturated heterocycles. The topological polar surface area (TPSA) is 58.6 Å². The molecule has 0 saturated carbocycles. The fourth-order valence-electron chi connectivity index (χ4n) is 2.96. The third-order valence-electron chi connectivity index (χ3n) is 4.43. The van der Waals surface area contributed by atoms with Crippen LogP contribution >= 0.6 is 34.3 Å². The zero-order valence-corrected chi connectivity index (χ0v) is 17.5. The molecule has 4 rings (SSSR count). The maximum absolute atomic E-state index is 12.6. The number of thiazole rings is 2. The van der Waals surface area contributed by atoms with Crippen LogP contribution in [0.4, 0.5) is 5.13 Å². The van der Waals surface area contributed by atoms with E-state index in [2.05, 4.69) is 14.9 Å². The van der Waals surface area contributed by atoms with Gasteiger partial charge in [-0.25, -0.2) is 9.97 Å². The Bertz CT molecular complexity index is 906. The number of halogens is 1. The van der Waals surface area contributed by atoms with Gasteiger partial charge in [-0.1, -0.05) is 11.6 Å². The molecule has 1 aliphatic heterocycles. The van der Waals surface area contributed by atoms with Crippen LogP contribution in [0.5, 0.6) is 5.75 Å². The van der Waals surface area contributed by atoms with E-state index in [9.17, 15) is 4.79 Å². The molecular formula is C19H19ClN4O2S2. The summed E-state index contributed by atoms with van der Waals surface area (Å²) in [6.07, 6.45) is 2.14. The summed E-state index contributed by atoms with van der Waals surface area (Å²) in [7, 11) is 0. The highest BCUT2D eigenvalue weighted by atomic mass is 35.5. The van der Waals surface area contributed by atoms with Crippen LogP contribution in [0.15, 0.2) is 41.2 Å². The Kier molecular flexibility index (Phi) is 6.09. The zero-order chi connectivity index (χ0) is 19.3. The largest absolute Gasteiger partial charge is 0.486 e. The lowest BCUT2D eigenvalue weighted by molar-refractivity contribution is -0.130. The fraction of sp³-hybridized carbons (Fsp3) is 0.316. The van der Waals surface area contributed by atoms with Gasteiger partial charge in [-0.3, -0.25) is 4.79 Å². The number of piperazine rings is 1. The summed E-state index contributed by atoms with van der Waals surface area (Å²) in [6, 6.07) is 7.23. The summed E-state index contributed by atoms with van der Waals surface area (Å²) in [6.45, 7) is 3.45. The second kappa shape index (κ2) is 8.89. The van der Waals surface area contributed by atoms with E-state index in [4.69, 9.17) is 16.3 Å². The first-order chi connectivity index (χ1) is 13.7. The van der Waals surface area contributed by atoms with Crippen molar-refractivity contribution in [2.24, 2.45) is 0 Å². The zero-order valence-electron chi connectivity index (χ0n) is 15.1. The standard InChI is InChI=1S/C19H19ClN4O2S2/c20-14-1-3-16(4-2-14)26-12-17-22-15(13-28-17)11-18(25)23-6-8-24(9-7-23)19-21-5-10-27-19/h1-5,10,13H,6-9,11-12H2. The van der Waals surface area contributed by atoms with E-state index in [1.165, 1.54) is 11.3 Å². The van der Waals surface area contributed by atoms with E-state index >= 15 is 0 Å². The second-order valence-corrected chi connectivity index (χ2v) is 8.59. The molecule has 0 atom stereocenters. The van der Waals surface area contributed by atoms with Crippen LogP contribution < -0.4 is 9.64 Å². The van der Waals surface area contributed by atoms with Gasteiger partial charge in [-0.05, 0) is 24.3 Å². The number of ether oxygens (including phenoxy) is 1. The Morgan fingerprint density at radius 2 is 1.93 bits per heavy atom. The van der Waals surface area contributed by atoms with E-state index < -0.39 is 0 Å². The first-order valence-corrected chi connectivity index (χ1v) is 11.0. The quantitative estimate of drug-likeness (QED) is 0.591. The molecule has 0 radical (unpaired) electrons. The number of carbonyl (C=O) groups is 1. The summed E-state index contributed by atoms with van der Waals surface area (Å²) in [5.74, 6) is 0.865. The number of aromatic nitrogens is 2. The molecule has 0 bridgehead atoms. The maximum atomic E-state index is 12.6. The van der Waals surface area contributed by atoms with Crippen molar-refractivity contribution in [3.8, 4) is 5.75 Å². The van der Waals surface area contributed by atoms with E-state index in [0.717, 1.165) is 47.8 Å². The summed E-state index contributed by atoms with van der Waals surface area (Å²) < 4.78 is 5.71. The first-order valence-electron chi connectivity index (χ1n) is 8.91. The summed E-state index contributed by atoms with van der Waals surface area (Å²) >= 11 is 9.02. The Labute approximate surface area is 176 Å². The van der Waals surface area contributed by atoms with Gasteiger partial charge in [0.05, 0.1) is 12.1 Å². The van der Waals surface area contributed by atoms with Crippen molar-refractivity contribution < 1.29 is 9.53 Å². The van der Waals surface area contributed by atoms with E-state index in [1.807, 2.05) is 34.0 Å². The van der Waals surface area contributed by atoms with Crippen molar-refractivity contribution in [2.75, 3.05) is 31.1 Å². The minimum absolute atomic E-state index is 0.120. The number of anilines is 1. The smallest absolute Gasteiger partial charge is 0.228 e. The molecule has 1 aromatic carbocycles. The van der Waals surface area contributed by atoms with Gasteiger partial charge in [0, 0.05) is 48.2 Å². The van der Waals surface area contributed by atoms with Gasteiger partial charge in [-0.2, -0.15) is 0 Å². The molecule has 0 spiro atoms. The Hall–Kier alpha value is -2.16. The van der Waals surface area contributed by atoms with Gasteiger partial charge in [0.2, 0.25) is 5.91 Å². The number of rotatable bonds is 6. The van der Waals surface area contributed by atoms with Crippen LogP contribution in [0.25, 0.3) is 0 Å². The molecule has 0 N–H and O–H groups in total. The van der Waals surface area contributed by atoms with Crippen molar-refractivity contribution >= 4 is 45.3 Å². The van der Waals surface area contributed by atoms with Crippen LogP contribution in [0.2, 0.25) is 5.02 Å². The minimum Gasteiger partial charge on any atom is -0.486 e. The molecule has 2 aromatic heterocycles. The third kappa shape index (κ3) is 4.81. The second-order valence-electron chi connectivity index (χ2n) is 6.33. The molecule has 3 heterocycles. The molecule has 1 aliphatic rings. The molecule has 0 aliphatic carbocycles. The van der Waals surface area contributed by atoms with E-state index in [0.29, 0.717) is 18.1 Å². The third-order valence-corrected chi connectivity index (χ3v) is 6.39. The molecule has 9 heteroatoms. The highest BCUT2D eigenvalue weighted by Gasteiger charge is 2.23. The molecular weight excluding hydrogens is 416 g/mol. The highest BCUT2D eigenvalue weighted by Crippen LogP contribution is 2.20. The normalized spacial score (nSPS) is 14.3. The van der Waals surface area contributed by atoms with E-state index in [-0.39, 0.29) is 5.91 Å². The first kappa shape index (κ1) is 19.2. The average molecular weight is 435 g/mol. The Morgan fingerprint density at radius 1 is 1.14 bits per heavy atom. The number of hydrogen-bond acceptors (Lipinski definition) is 7. The lowest BCUT2D eigenvalue weighted by Gasteiger charge is -2.34. The minimum atomic E-state index is 0.120. The number of amides is 1. The number of nitrogens with zero attached hydrogens (tertiary/aromatic N) is 4. The molecule has 146 valence electrons. The van der Waals surface area contributed by atoms with Crippen LogP contribution in [0.3, 0.4) is 0 Å². The lowest BCUT2D eigenvalue weighted by atomic mass is 10.2. The van der Waals surface area contributed by atoms with Crippen LogP contribution in [-0.2, 0) is 17.8 Å². The Morgan fingerprint density at radius 3 is 2.64 bits per heavy atom. The molecule has 0 unspecified atom stereocenters. The lowest BCUT2D eigenvalue weighted by Crippen LogP contribution is -2.49. The average Bonchev–Trinajstić information content (AvgIpc) is 3.40. The summed E-state index contributed by atoms with van der Waals surface area (Å²) in [4.78, 5) is 25.6.